The lowest BCUT2D eigenvalue weighted by molar-refractivity contribution is -0.164. The van der Waals surface area contributed by atoms with Crippen LogP contribution in [0.2, 0.25) is 0 Å². The van der Waals surface area contributed by atoms with Crippen molar-refractivity contribution in [3.05, 3.63) is 11.6 Å². The topological polar surface area (TPSA) is 35.5 Å². The fraction of sp³-hybridized carbons (Fsp3) is 0.625. The number of cyclic esters (lactones) is 1. The highest BCUT2D eigenvalue weighted by atomic mass is 16.7. The van der Waals surface area contributed by atoms with Crippen molar-refractivity contribution in [1.82, 2.24) is 0 Å². The zero-order valence-electron chi connectivity index (χ0n) is 6.96. The SMILES string of the molecule is CC1=CC(OC(C)C)OC1=O. The summed E-state index contributed by atoms with van der Waals surface area (Å²) in [6.07, 6.45) is 1.29. The van der Waals surface area contributed by atoms with Crippen LogP contribution in [0.25, 0.3) is 0 Å². The van der Waals surface area contributed by atoms with Gasteiger partial charge in [-0.15, -0.1) is 0 Å². The van der Waals surface area contributed by atoms with E-state index in [0.29, 0.717) is 5.57 Å². The molecular weight excluding hydrogens is 144 g/mol. The highest BCUT2D eigenvalue weighted by molar-refractivity contribution is 5.89. The Morgan fingerprint density at radius 2 is 2.27 bits per heavy atom. The zero-order chi connectivity index (χ0) is 8.43. The monoisotopic (exact) mass is 156 g/mol. The van der Waals surface area contributed by atoms with Crippen molar-refractivity contribution in [3.8, 4) is 0 Å². The summed E-state index contributed by atoms with van der Waals surface area (Å²) < 4.78 is 10.1. The highest BCUT2D eigenvalue weighted by Crippen LogP contribution is 2.14. The standard InChI is InChI=1S/C8H12O3/c1-5(2)10-7-4-6(3)8(9)11-7/h4-5,7H,1-3H3. The Labute approximate surface area is 66.0 Å². The van der Waals surface area contributed by atoms with Gasteiger partial charge < -0.3 is 9.47 Å². The van der Waals surface area contributed by atoms with Crippen LogP contribution in [-0.2, 0) is 14.3 Å². The summed E-state index contributed by atoms with van der Waals surface area (Å²) in [5.41, 5.74) is 0.621. The Bertz CT molecular complexity index is 194. The highest BCUT2D eigenvalue weighted by Gasteiger charge is 2.22. The first-order valence-electron chi connectivity index (χ1n) is 3.64. The molecule has 0 aromatic rings. The van der Waals surface area contributed by atoms with E-state index in [1.165, 1.54) is 0 Å². The average Bonchev–Trinajstić information content (AvgIpc) is 2.10. The quantitative estimate of drug-likeness (QED) is 0.564. The van der Waals surface area contributed by atoms with Crippen LogP contribution in [0, 0.1) is 0 Å². The van der Waals surface area contributed by atoms with Gasteiger partial charge in [-0.05, 0) is 26.8 Å². The first-order valence-corrected chi connectivity index (χ1v) is 3.64. The van der Waals surface area contributed by atoms with Crippen LogP contribution in [0.5, 0.6) is 0 Å². The minimum Gasteiger partial charge on any atom is -0.429 e. The molecule has 0 aromatic carbocycles. The van der Waals surface area contributed by atoms with Gasteiger partial charge in [0.25, 0.3) is 0 Å². The lowest BCUT2D eigenvalue weighted by Crippen LogP contribution is -2.16. The van der Waals surface area contributed by atoms with Crippen molar-refractivity contribution >= 4 is 5.97 Å². The van der Waals surface area contributed by atoms with E-state index in [4.69, 9.17) is 9.47 Å². The largest absolute Gasteiger partial charge is 0.429 e. The fourth-order valence-electron chi connectivity index (χ4n) is 0.840. The number of carbonyl (C=O) groups excluding carboxylic acids is 1. The molecule has 0 aliphatic carbocycles. The third kappa shape index (κ3) is 2.05. The minimum atomic E-state index is -0.470. The Kier molecular flexibility index (Phi) is 2.29. The van der Waals surface area contributed by atoms with Gasteiger partial charge in [0.05, 0.1) is 6.10 Å². The minimum absolute atomic E-state index is 0.0787. The summed E-state index contributed by atoms with van der Waals surface area (Å²) in [5, 5.41) is 0. The van der Waals surface area contributed by atoms with Gasteiger partial charge in [0.2, 0.25) is 6.29 Å². The Hall–Kier alpha value is -0.830. The predicted octanol–water partition coefficient (Wildman–Crippen LogP) is 1.24. The molecule has 0 spiro atoms. The van der Waals surface area contributed by atoms with Crippen LogP contribution < -0.4 is 0 Å². The van der Waals surface area contributed by atoms with Crippen molar-refractivity contribution in [1.29, 1.82) is 0 Å². The van der Waals surface area contributed by atoms with E-state index in [1.54, 1.807) is 13.0 Å². The molecule has 3 nitrogen and oxygen atoms in total. The second-order valence-electron chi connectivity index (χ2n) is 2.81. The first-order chi connectivity index (χ1) is 5.09. The number of hydrogen-bond acceptors (Lipinski definition) is 3. The average molecular weight is 156 g/mol. The summed E-state index contributed by atoms with van der Waals surface area (Å²) in [4.78, 5) is 10.8. The smallest absolute Gasteiger partial charge is 0.336 e. The van der Waals surface area contributed by atoms with Gasteiger partial charge in [-0.25, -0.2) is 4.79 Å². The number of esters is 1. The molecule has 11 heavy (non-hydrogen) atoms. The van der Waals surface area contributed by atoms with Gasteiger partial charge in [0.15, 0.2) is 0 Å². The van der Waals surface area contributed by atoms with Crippen LogP contribution in [-0.4, -0.2) is 18.4 Å². The van der Waals surface area contributed by atoms with Crippen LogP contribution in [0.4, 0.5) is 0 Å². The lowest BCUT2D eigenvalue weighted by atomic mass is 10.3. The Morgan fingerprint density at radius 1 is 1.64 bits per heavy atom. The van der Waals surface area contributed by atoms with E-state index >= 15 is 0 Å². The fourth-order valence-corrected chi connectivity index (χ4v) is 0.840. The molecule has 0 aromatic heterocycles. The maximum Gasteiger partial charge on any atom is 0.336 e. The maximum atomic E-state index is 10.8. The molecule has 62 valence electrons. The van der Waals surface area contributed by atoms with Gasteiger partial charge in [0, 0.05) is 5.57 Å². The number of rotatable bonds is 2. The van der Waals surface area contributed by atoms with Crippen LogP contribution in [0.3, 0.4) is 0 Å². The second-order valence-corrected chi connectivity index (χ2v) is 2.81. The molecule has 0 fully saturated rings. The Morgan fingerprint density at radius 3 is 2.64 bits per heavy atom. The summed E-state index contributed by atoms with van der Waals surface area (Å²) in [6.45, 7) is 5.51. The van der Waals surface area contributed by atoms with Crippen LogP contribution >= 0.6 is 0 Å². The van der Waals surface area contributed by atoms with E-state index in [9.17, 15) is 4.79 Å². The van der Waals surface area contributed by atoms with Crippen LogP contribution in [0.15, 0.2) is 11.6 Å². The summed E-state index contributed by atoms with van der Waals surface area (Å²) in [6, 6.07) is 0. The summed E-state index contributed by atoms with van der Waals surface area (Å²) in [7, 11) is 0. The zero-order valence-corrected chi connectivity index (χ0v) is 6.96. The summed E-state index contributed by atoms with van der Waals surface area (Å²) >= 11 is 0. The molecule has 3 heteroatoms. The molecule has 0 radical (unpaired) electrons. The molecular formula is C8H12O3. The van der Waals surface area contributed by atoms with Crippen molar-refractivity contribution in [2.75, 3.05) is 0 Å². The predicted molar refractivity (Wildman–Crippen MR) is 39.9 cm³/mol. The van der Waals surface area contributed by atoms with Crippen molar-refractivity contribution < 1.29 is 14.3 Å². The second kappa shape index (κ2) is 3.05. The normalized spacial score (nSPS) is 23.8. The van der Waals surface area contributed by atoms with Gasteiger partial charge in [-0.2, -0.15) is 0 Å². The lowest BCUT2D eigenvalue weighted by Gasteiger charge is -2.11. The molecule has 1 aliphatic rings. The molecule has 0 amide bonds. The van der Waals surface area contributed by atoms with Gasteiger partial charge >= 0.3 is 5.97 Å². The van der Waals surface area contributed by atoms with Crippen molar-refractivity contribution in [2.24, 2.45) is 0 Å². The third-order valence-corrected chi connectivity index (χ3v) is 1.34. The van der Waals surface area contributed by atoms with Gasteiger partial charge in [-0.3, -0.25) is 0 Å². The molecule has 0 bridgehead atoms. The van der Waals surface area contributed by atoms with Gasteiger partial charge in [0.1, 0.15) is 0 Å². The Balaban J connectivity index is 2.47. The maximum absolute atomic E-state index is 10.8. The molecule has 1 unspecified atom stereocenters. The van der Waals surface area contributed by atoms with E-state index in [1.807, 2.05) is 13.8 Å². The molecule has 1 heterocycles. The van der Waals surface area contributed by atoms with Crippen molar-refractivity contribution in [3.63, 3.8) is 0 Å². The van der Waals surface area contributed by atoms with Crippen molar-refractivity contribution in [2.45, 2.75) is 33.2 Å². The molecule has 1 aliphatic heterocycles. The third-order valence-electron chi connectivity index (χ3n) is 1.34. The molecule has 1 rings (SSSR count). The molecule has 0 saturated heterocycles. The number of carbonyl (C=O) groups is 1. The molecule has 0 saturated carbocycles. The molecule has 0 N–H and O–H groups in total. The summed E-state index contributed by atoms with van der Waals surface area (Å²) in [5.74, 6) is -0.282. The van der Waals surface area contributed by atoms with E-state index in [0.717, 1.165) is 0 Å². The van der Waals surface area contributed by atoms with E-state index < -0.39 is 6.29 Å². The first kappa shape index (κ1) is 8.27. The number of ether oxygens (including phenoxy) is 2. The van der Waals surface area contributed by atoms with E-state index in [-0.39, 0.29) is 12.1 Å². The van der Waals surface area contributed by atoms with E-state index in [2.05, 4.69) is 0 Å². The number of hydrogen-bond donors (Lipinski definition) is 0. The van der Waals surface area contributed by atoms with Crippen LogP contribution in [0.1, 0.15) is 20.8 Å². The molecule has 1 atom stereocenters. The van der Waals surface area contributed by atoms with Gasteiger partial charge in [-0.1, -0.05) is 0 Å².